The Balaban J connectivity index is 2.03. The molecule has 0 aliphatic carbocycles. The van der Waals surface area contributed by atoms with Gasteiger partial charge in [0.25, 0.3) is 0 Å². The molecule has 2 rings (SSSR count). The van der Waals surface area contributed by atoms with E-state index in [1.165, 1.54) is 17.8 Å². The fourth-order valence-corrected chi connectivity index (χ4v) is 2.42. The van der Waals surface area contributed by atoms with Crippen molar-refractivity contribution >= 4 is 23.4 Å². The summed E-state index contributed by atoms with van der Waals surface area (Å²) in [6.07, 6.45) is 2.99. The molecule has 2 aromatic rings. The molecule has 0 aromatic carbocycles. The van der Waals surface area contributed by atoms with Crippen LogP contribution in [0.5, 0.6) is 0 Å². The highest BCUT2D eigenvalue weighted by molar-refractivity contribution is 7.99. The normalized spacial score (nSPS) is 12.5. The van der Waals surface area contributed by atoms with Gasteiger partial charge in [-0.15, -0.1) is 0 Å². The molecule has 0 saturated heterocycles. The number of nitrogens with zero attached hydrogens (tertiary/aromatic N) is 4. The molecule has 108 valence electrons. The van der Waals surface area contributed by atoms with Gasteiger partial charge in [0.15, 0.2) is 11.0 Å². The summed E-state index contributed by atoms with van der Waals surface area (Å²) >= 11 is 1.38. The summed E-state index contributed by atoms with van der Waals surface area (Å²) in [5.74, 6) is 2.00. The maximum Gasteiger partial charge on any atom is 0.239 e. The number of nitrogen functional groups attached to an aromatic ring is 2. The Morgan fingerprint density at radius 2 is 1.95 bits per heavy atom. The fraction of sp³-hybridized carbons (Fsp3) is 0.500. The van der Waals surface area contributed by atoms with Crippen molar-refractivity contribution in [3.63, 3.8) is 0 Å². The van der Waals surface area contributed by atoms with E-state index in [9.17, 15) is 0 Å². The van der Waals surface area contributed by atoms with Gasteiger partial charge >= 0.3 is 0 Å². The summed E-state index contributed by atoms with van der Waals surface area (Å²) in [5, 5.41) is 4.41. The topological polar surface area (TPSA) is 117 Å². The third kappa shape index (κ3) is 3.83. The van der Waals surface area contributed by atoms with Crippen molar-refractivity contribution in [3.05, 3.63) is 17.8 Å². The first-order valence-corrected chi connectivity index (χ1v) is 7.35. The number of rotatable bonds is 6. The minimum atomic E-state index is -0.0564. The zero-order valence-electron chi connectivity index (χ0n) is 11.5. The van der Waals surface area contributed by atoms with Crippen molar-refractivity contribution in [2.45, 2.75) is 43.5 Å². The molecular weight excluding hydrogens is 276 g/mol. The molecule has 2 heterocycles. The first-order chi connectivity index (χ1) is 9.58. The highest BCUT2D eigenvalue weighted by atomic mass is 32.2. The van der Waals surface area contributed by atoms with Crippen LogP contribution in [0.25, 0.3) is 0 Å². The molecular formula is C12H18N6OS. The van der Waals surface area contributed by atoms with Gasteiger partial charge in [-0.05, 0) is 13.3 Å². The lowest BCUT2D eigenvalue weighted by molar-refractivity contribution is 0.374. The second-order valence-corrected chi connectivity index (χ2v) is 5.72. The van der Waals surface area contributed by atoms with E-state index < -0.39 is 0 Å². The lowest BCUT2D eigenvalue weighted by Crippen LogP contribution is -2.00. The van der Waals surface area contributed by atoms with Gasteiger partial charge in [-0.25, -0.2) is 9.97 Å². The van der Waals surface area contributed by atoms with Crippen LogP contribution in [0.3, 0.4) is 0 Å². The van der Waals surface area contributed by atoms with E-state index in [4.69, 9.17) is 16.0 Å². The van der Waals surface area contributed by atoms with Crippen LogP contribution in [0.15, 0.2) is 15.7 Å². The molecule has 7 nitrogen and oxygen atoms in total. The van der Waals surface area contributed by atoms with Crippen molar-refractivity contribution in [3.8, 4) is 0 Å². The third-order valence-electron chi connectivity index (χ3n) is 2.61. The molecule has 4 N–H and O–H groups in total. The lowest BCUT2D eigenvalue weighted by atomic mass is 10.2. The summed E-state index contributed by atoms with van der Waals surface area (Å²) in [5.41, 5.74) is 11.3. The van der Waals surface area contributed by atoms with Crippen LogP contribution < -0.4 is 11.5 Å². The van der Waals surface area contributed by atoms with Gasteiger partial charge < -0.3 is 16.0 Å². The van der Waals surface area contributed by atoms with Crippen molar-refractivity contribution in [1.29, 1.82) is 0 Å². The van der Waals surface area contributed by atoms with Crippen LogP contribution in [-0.4, -0.2) is 20.1 Å². The molecule has 20 heavy (non-hydrogen) atoms. The zero-order valence-corrected chi connectivity index (χ0v) is 12.4. The van der Waals surface area contributed by atoms with E-state index in [2.05, 4.69) is 27.0 Å². The highest BCUT2D eigenvalue weighted by Gasteiger charge is 2.17. The second kappa shape index (κ2) is 6.56. The molecule has 0 aliphatic heterocycles. The Kier molecular flexibility index (Phi) is 4.78. The minimum absolute atomic E-state index is 0.0564. The van der Waals surface area contributed by atoms with E-state index in [0.29, 0.717) is 22.7 Å². The van der Waals surface area contributed by atoms with Crippen LogP contribution in [0, 0.1) is 0 Å². The monoisotopic (exact) mass is 294 g/mol. The van der Waals surface area contributed by atoms with Gasteiger partial charge in [-0.1, -0.05) is 30.3 Å². The van der Waals surface area contributed by atoms with Crippen LogP contribution in [-0.2, 0) is 6.42 Å². The number of anilines is 2. The van der Waals surface area contributed by atoms with Crippen molar-refractivity contribution < 1.29 is 4.52 Å². The Bertz CT molecular complexity index is 553. The van der Waals surface area contributed by atoms with Gasteiger partial charge in [0.1, 0.15) is 11.6 Å². The Morgan fingerprint density at radius 3 is 2.60 bits per heavy atom. The van der Waals surface area contributed by atoms with E-state index in [1.807, 2.05) is 6.92 Å². The summed E-state index contributed by atoms with van der Waals surface area (Å²) < 4.78 is 5.26. The highest BCUT2D eigenvalue weighted by Crippen LogP contribution is 2.32. The van der Waals surface area contributed by atoms with Crippen LogP contribution in [0.4, 0.5) is 11.6 Å². The van der Waals surface area contributed by atoms with Gasteiger partial charge in [0, 0.05) is 12.5 Å². The molecule has 1 atom stereocenters. The molecule has 1 unspecified atom stereocenters. The molecule has 0 spiro atoms. The molecule has 0 bridgehead atoms. The molecule has 8 heteroatoms. The molecule has 0 saturated carbocycles. The Hall–Kier alpha value is -1.83. The van der Waals surface area contributed by atoms with Crippen molar-refractivity contribution in [2.24, 2.45) is 0 Å². The molecule has 0 aliphatic rings. The minimum Gasteiger partial charge on any atom is -0.383 e. The van der Waals surface area contributed by atoms with Crippen LogP contribution in [0.2, 0.25) is 0 Å². The molecule has 0 amide bonds. The predicted molar refractivity (Wildman–Crippen MR) is 78.0 cm³/mol. The smallest absolute Gasteiger partial charge is 0.239 e. The number of hydrogen-bond acceptors (Lipinski definition) is 8. The molecule has 0 radical (unpaired) electrons. The SMILES string of the molecule is CCCCc1noc(C(C)Sc2nc(N)cc(N)n2)n1. The number of nitrogens with two attached hydrogens (primary N) is 2. The van der Waals surface area contributed by atoms with Gasteiger partial charge in [0.2, 0.25) is 5.89 Å². The Labute approximate surface area is 121 Å². The average Bonchev–Trinajstić information content (AvgIpc) is 2.83. The first-order valence-electron chi connectivity index (χ1n) is 6.47. The van der Waals surface area contributed by atoms with Gasteiger partial charge in [-0.2, -0.15) is 4.98 Å². The van der Waals surface area contributed by atoms with E-state index in [1.54, 1.807) is 0 Å². The standard InChI is InChI=1S/C12H18N6OS/c1-3-4-5-10-17-11(19-18-10)7(2)20-12-15-8(13)6-9(14)16-12/h6-7H,3-5H2,1-2H3,(H4,13,14,15,16). The predicted octanol–water partition coefficient (Wildman–Crippen LogP) is 2.22. The van der Waals surface area contributed by atoms with Crippen LogP contribution >= 0.6 is 11.8 Å². The fourth-order valence-electron chi connectivity index (χ4n) is 1.59. The summed E-state index contributed by atoms with van der Waals surface area (Å²) in [7, 11) is 0. The maximum absolute atomic E-state index is 5.64. The summed E-state index contributed by atoms with van der Waals surface area (Å²) in [6, 6.07) is 1.52. The number of aromatic nitrogens is 4. The van der Waals surface area contributed by atoms with E-state index in [-0.39, 0.29) is 5.25 Å². The lowest BCUT2D eigenvalue weighted by Gasteiger charge is -2.05. The number of aryl methyl sites for hydroxylation is 1. The van der Waals surface area contributed by atoms with Crippen LogP contribution in [0.1, 0.15) is 43.7 Å². The second-order valence-electron chi connectivity index (χ2n) is 4.41. The van der Waals surface area contributed by atoms with E-state index >= 15 is 0 Å². The maximum atomic E-state index is 5.64. The van der Waals surface area contributed by atoms with Crippen molar-refractivity contribution in [2.75, 3.05) is 11.5 Å². The zero-order chi connectivity index (χ0) is 14.5. The summed E-state index contributed by atoms with van der Waals surface area (Å²) in [6.45, 7) is 4.07. The molecule has 2 aromatic heterocycles. The quantitative estimate of drug-likeness (QED) is 0.615. The Morgan fingerprint density at radius 1 is 1.25 bits per heavy atom. The third-order valence-corrected chi connectivity index (χ3v) is 3.56. The van der Waals surface area contributed by atoms with Crippen molar-refractivity contribution in [1.82, 2.24) is 20.1 Å². The average molecular weight is 294 g/mol. The molecule has 0 fully saturated rings. The van der Waals surface area contributed by atoms with Gasteiger partial charge in [-0.3, -0.25) is 0 Å². The first kappa shape index (κ1) is 14.6. The number of hydrogen-bond donors (Lipinski definition) is 2. The van der Waals surface area contributed by atoms with Gasteiger partial charge in [0.05, 0.1) is 5.25 Å². The largest absolute Gasteiger partial charge is 0.383 e. The summed E-state index contributed by atoms with van der Waals surface area (Å²) in [4.78, 5) is 12.6. The van der Waals surface area contributed by atoms with E-state index in [0.717, 1.165) is 25.1 Å². The number of thioether (sulfide) groups is 1. The number of unbranched alkanes of at least 4 members (excludes halogenated alkanes) is 1.